The Kier molecular flexibility index (Phi) is 6.76. The van der Waals surface area contributed by atoms with Gasteiger partial charge in [0, 0.05) is 6.92 Å². The fourth-order valence-corrected chi connectivity index (χ4v) is 1.46. The zero-order valence-electron chi connectivity index (χ0n) is 8.04. The second kappa shape index (κ2) is 5.52. The molecule has 0 aliphatic rings. The summed E-state index contributed by atoms with van der Waals surface area (Å²) in [6, 6.07) is 0. The maximum Gasteiger partial charge on any atom is 0.187 e. The number of aliphatic hydroxyl groups is 1. The zero-order chi connectivity index (χ0) is 8.20. The molecule has 0 fully saturated rings. The monoisotopic (exact) mass is 163 g/mol. The highest BCUT2D eigenvalue weighted by atomic mass is 16.3. The van der Waals surface area contributed by atoms with Gasteiger partial charge in [-0.3, -0.25) is 4.48 Å². The van der Waals surface area contributed by atoms with Gasteiger partial charge in [-0.1, -0.05) is 0 Å². The fourth-order valence-electron chi connectivity index (χ4n) is 1.46. The van der Waals surface area contributed by atoms with Crippen molar-refractivity contribution in [3.05, 3.63) is 0 Å². The Morgan fingerprint density at radius 2 is 1.36 bits per heavy atom. The van der Waals surface area contributed by atoms with E-state index in [1.807, 2.05) is 6.92 Å². The molecule has 0 amide bonds. The van der Waals surface area contributed by atoms with Crippen LogP contribution in [0.25, 0.3) is 0 Å². The topological polar surface area (TPSA) is 50.2 Å². The SMILES string of the molecule is CC[N+](CC)(CC)C(C)O.[OH-]. The first-order chi connectivity index (χ1) is 4.63. The van der Waals surface area contributed by atoms with Crippen LogP contribution in [0.15, 0.2) is 0 Å². The molecule has 0 aliphatic heterocycles. The van der Waals surface area contributed by atoms with E-state index in [9.17, 15) is 5.11 Å². The second-order valence-electron chi connectivity index (χ2n) is 2.80. The van der Waals surface area contributed by atoms with E-state index in [1.165, 1.54) is 0 Å². The van der Waals surface area contributed by atoms with Crippen LogP contribution >= 0.6 is 0 Å². The average molecular weight is 163 g/mol. The molecule has 0 aliphatic carbocycles. The quantitative estimate of drug-likeness (QED) is 0.497. The Morgan fingerprint density at radius 3 is 1.36 bits per heavy atom. The Labute approximate surface area is 69.5 Å². The van der Waals surface area contributed by atoms with Gasteiger partial charge in [-0.2, -0.15) is 0 Å². The first-order valence-electron chi connectivity index (χ1n) is 4.16. The molecular weight excluding hydrogens is 142 g/mol. The predicted molar refractivity (Wildman–Crippen MR) is 45.5 cm³/mol. The van der Waals surface area contributed by atoms with Crippen LogP contribution in [0, 0.1) is 0 Å². The van der Waals surface area contributed by atoms with E-state index >= 15 is 0 Å². The Hall–Kier alpha value is -0.120. The van der Waals surface area contributed by atoms with Crippen molar-refractivity contribution in [1.29, 1.82) is 0 Å². The summed E-state index contributed by atoms with van der Waals surface area (Å²) >= 11 is 0. The lowest BCUT2D eigenvalue weighted by molar-refractivity contribution is -0.964. The van der Waals surface area contributed by atoms with Crippen molar-refractivity contribution >= 4 is 0 Å². The molecule has 11 heavy (non-hydrogen) atoms. The van der Waals surface area contributed by atoms with E-state index in [1.54, 1.807) is 0 Å². The molecule has 1 atom stereocenters. The number of rotatable bonds is 4. The van der Waals surface area contributed by atoms with E-state index in [4.69, 9.17) is 0 Å². The molecule has 3 nitrogen and oxygen atoms in total. The lowest BCUT2D eigenvalue weighted by atomic mass is 10.3. The van der Waals surface area contributed by atoms with Gasteiger partial charge in [0.15, 0.2) is 6.23 Å². The number of nitrogens with zero attached hydrogens (tertiary/aromatic N) is 1. The van der Waals surface area contributed by atoms with Gasteiger partial charge < -0.3 is 10.6 Å². The van der Waals surface area contributed by atoms with Crippen LogP contribution < -0.4 is 0 Å². The zero-order valence-corrected chi connectivity index (χ0v) is 8.04. The van der Waals surface area contributed by atoms with Crippen molar-refractivity contribution in [2.24, 2.45) is 0 Å². The molecular formula is C8H21NO2. The summed E-state index contributed by atoms with van der Waals surface area (Å²) in [5, 5.41) is 9.43. The van der Waals surface area contributed by atoms with E-state index < -0.39 is 0 Å². The molecule has 0 saturated heterocycles. The van der Waals surface area contributed by atoms with Gasteiger partial charge in [0.25, 0.3) is 0 Å². The van der Waals surface area contributed by atoms with Crippen LogP contribution in [0.4, 0.5) is 0 Å². The fraction of sp³-hybridized carbons (Fsp3) is 1.00. The number of hydrogen-bond donors (Lipinski definition) is 1. The summed E-state index contributed by atoms with van der Waals surface area (Å²) < 4.78 is 0.819. The Morgan fingerprint density at radius 1 is 1.09 bits per heavy atom. The Balaban J connectivity index is 0. The largest absolute Gasteiger partial charge is 0.870 e. The first-order valence-corrected chi connectivity index (χ1v) is 4.16. The molecule has 0 aromatic carbocycles. The molecule has 0 rings (SSSR count). The second-order valence-corrected chi connectivity index (χ2v) is 2.80. The van der Waals surface area contributed by atoms with Crippen molar-refractivity contribution in [2.45, 2.75) is 33.9 Å². The molecule has 0 bridgehead atoms. The molecule has 0 saturated carbocycles. The highest BCUT2D eigenvalue weighted by Crippen LogP contribution is 2.09. The van der Waals surface area contributed by atoms with Crippen molar-refractivity contribution in [1.82, 2.24) is 0 Å². The first kappa shape index (κ1) is 13.5. The van der Waals surface area contributed by atoms with Gasteiger partial charge in [-0.25, -0.2) is 0 Å². The molecule has 3 heteroatoms. The summed E-state index contributed by atoms with van der Waals surface area (Å²) in [5.41, 5.74) is 0. The summed E-state index contributed by atoms with van der Waals surface area (Å²) in [6.45, 7) is 11.3. The van der Waals surface area contributed by atoms with Crippen LogP contribution in [0.2, 0.25) is 0 Å². The van der Waals surface area contributed by atoms with E-state index in [2.05, 4.69) is 20.8 Å². The lowest BCUT2D eigenvalue weighted by Crippen LogP contribution is -2.53. The van der Waals surface area contributed by atoms with Gasteiger partial charge in [0.2, 0.25) is 0 Å². The van der Waals surface area contributed by atoms with Gasteiger partial charge in [0.1, 0.15) is 0 Å². The Bertz CT molecular complexity index is 81.8. The summed E-state index contributed by atoms with van der Waals surface area (Å²) in [5.74, 6) is 0. The van der Waals surface area contributed by atoms with Crippen LogP contribution in [0.3, 0.4) is 0 Å². The van der Waals surface area contributed by atoms with E-state index in [0.29, 0.717) is 0 Å². The minimum Gasteiger partial charge on any atom is -0.870 e. The number of quaternary nitrogens is 1. The number of aliphatic hydroxyl groups excluding tert-OH is 1. The molecule has 0 heterocycles. The van der Waals surface area contributed by atoms with Crippen LogP contribution in [0.1, 0.15) is 27.7 Å². The van der Waals surface area contributed by atoms with Crippen LogP contribution in [0.5, 0.6) is 0 Å². The van der Waals surface area contributed by atoms with Gasteiger partial charge in [0.05, 0.1) is 19.6 Å². The maximum absolute atomic E-state index is 9.43. The highest BCUT2D eigenvalue weighted by Gasteiger charge is 2.25. The lowest BCUT2D eigenvalue weighted by Gasteiger charge is -2.38. The van der Waals surface area contributed by atoms with Crippen molar-refractivity contribution < 1.29 is 15.1 Å². The average Bonchev–Trinajstić information content (AvgIpc) is 1.92. The number of hydrogen-bond acceptors (Lipinski definition) is 2. The molecule has 0 spiro atoms. The molecule has 0 radical (unpaired) electrons. The highest BCUT2D eigenvalue weighted by molar-refractivity contribution is 4.36. The molecule has 1 unspecified atom stereocenters. The van der Waals surface area contributed by atoms with Gasteiger partial charge in [-0.05, 0) is 20.8 Å². The van der Waals surface area contributed by atoms with Crippen molar-refractivity contribution in [3.63, 3.8) is 0 Å². The minimum atomic E-state index is -0.222. The van der Waals surface area contributed by atoms with Crippen LogP contribution in [-0.2, 0) is 0 Å². The van der Waals surface area contributed by atoms with Crippen molar-refractivity contribution in [2.75, 3.05) is 19.6 Å². The summed E-state index contributed by atoms with van der Waals surface area (Å²) in [6.07, 6.45) is -0.222. The molecule has 0 aromatic rings. The third-order valence-corrected chi connectivity index (χ3v) is 2.68. The van der Waals surface area contributed by atoms with E-state index in [0.717, 1.165) is 24.1 Å². The normalized spacial score (nSPS) is 13.9. The van der Waals surface area contributed by atoms with Crippen molar-refractivity contribution in [3.8, 4) is 0 Å². The molecule has 0 aromatic heterocycles. The standard InChI is InChI=1S/C8H20NO.H2O/c1-5-9(6-2,7-3)8(4)10;/h8,10H,5-7H2,1-4H3;1H2/q+1;/p-1. The van der Waals surface area contributed by atoms with Gasteiger partial charge in [-0.15, -0.1) is 0 Å². The third-order valence-electron chi connectivity index (χ3n) is 2.68. The van der Waals surface area contributed by atoms with Gasteiger partial charge >= 0.3 is 0 Å². The summed E-state index contributed by atoms with van der Waals surface area (Å²) in [7, 11) is 0. The molecule has 2 N–H and O–H groups in total. The van der Waals surface area contributed by atoms with Crippen LogP contribution in [-0.4, -0.2) is 40.9 Å². The minimum absolute atomic E-state index is 0. The maximum atomic E-state index is 9.43. The predicted octanol–water partition coefficient (Wildman–Crippen LogP) is 1.02. The molecule has 70 valence electrons. The third kappa shape index (κ3) is 2.77. The summed E-state index contributed by atoms with van der Waals surface area (Å²) in [4.78, 5) is 0. The smallest absolute Gasteiger partial charge is 0.187 e. The van der Waals surface area contributed by atoms with E-state index in [-0.39, 0.29) is 11.7 Å².